The minimum absolute atomic E-state index is 0.110. The van der Waals surface area contributed by atoms with Crippen molar-refractivity contribution in [1.82, 2.24) is 4.57 Å². The Labute approximate surface area is 133 Å². The highest BCUT2D eigenvalue weighted by atomic mass is 35.5. The Morgan fingerprint density at radius 3 is 2.52 bits per heavy atom. The normalized spacial score (nSPS) is 12.0. The van der Waals surface area contributed by atoms with E-state index in [4.69, 9.17) is 28.5 Å². The second-order valence-electron chi connectivity index (χ2n) is 4.88. The van der Waals surface area contributed by atoms with Gasteiger partial charge in [-0.2, -0.15) is 5.26 Å². The van der Waals surface area contributed by atoms with Crippen LogP contribution in [-0.4, -0.2) is 15.7 Å². The molecule has 1 heterocycles. The molecule has 0 radical (unpaired) electrons. The van der Waals surface area contributed by atoms with Crippen LogP contribution in [0.2, 0.25) is 5.02 Å². The minimum Gasteiger partial charge on any atom is -0.316 e. The summed E-state index contributed by atoms with van der Waals surface area (Å²) >= 11 is 12.1. The summed E-state index contributed by atoms with van der Waals surface area (Å²) in [5.74, 6) is -0.110. The Morgan fingerprint density at radius 2 is 2.00 bits per heavy atom. The van der Waals surface area contributed by atoms with Crippen molar-refractivity contribution in [2.75, 3.05) is 0 Å². The van der Waals surface area contributed by atoms with Crippen molar-refractivity contribution in [1.29, 1.82) is 5.26 Å². The van der Waals surface area contributed by atoms with Gasteiger partial charge >= 0.3 is 0 Å². The number of hydrogen-bond acceptors (Lipinski definition) is 2. The number of ketones is 1. The standard InChI is InChI=1S/C16H14Cl2N2O/c1-9-6-13(16(21)10(2)17)11(3)20(9)15-5-4-12(8-19)7-14(15)18/h4-7,10H,1-3H3. The van der Waals surface area contributed by atoms with Crippen molar-refractivity contribution in [2.24, 2.45) is 0 Å². The summed E-state index contributed by atoms with van der Waals surface area (Å²) < 4.78 is 1.90. The molecule has 2 rings (SSSR count). The molecule has 0 spiro atoms. The molecule has 1 atom stereocenters. The van der Waals surface area contributed by atoms with Crippen LogP contribution in [-0.2, 0) is 0 Å². The zero-order chi connectivity index (χ0) is 15.7. The number of hydrogen-bond donors (Lipinski definition) is 0. The molecule has 0 amide bonds. The van der Waals surface area contributed by atoms with E-state index >= 15 is 0 Å². The van der Waals surface area contributed by atoms with Crippen molar-refractivity contribution >= 4 is 29.0 Å². The monoisotopic (exact) mass is 320 g/mol. The molecular weight excluding hydrogens is 307 g/mol. The molecule has 0 N–H and O–H groups in total. The van der Waals surface area contributed by atoms with E-state index < -0.39 is 5.38 Å². The number of alkyl halides is 1. The number of rotatable bonds is 3. The summed E-state index contributed by atoms with van der Waals surface area (Å²) in [5.41, 5.74) is 3.51. The molecule has 1 aromatic heterocycles. The summed E-state index contributed by atoms with van der Waals surface area (Å²) in [4.78, 5) is 12.1. The molecular formula is C16H14Cl2N2O. The maximum absolute atomic E-state index is 12.1. The maximum Gasteiger partial charge on any atom is 0.182 e. The number of halogens is 2. The van der Waals surface area contributed by atoms with E-state index in [0.717, 1.165) is 17.1 Å². The van der Waals surface area contributed by atoms with Crippen LogP contribution in [0.4, 0.5) is 0 Å². The molecule has 108 valence electrons. The molecule has 0 saturated heterocycles. The van der Waals surface area contributed by atoms with Crippen LogP contribution in [0.25, 0.3) is 5.69 Å². The predicted molar refractivity (Wildman–Crippen MR) is 84.6 cm³/mol. The van der Waals surface area contributed by atoms with Crippen LogP contribution in [0.3, 0.4) is 0 Å². The number of nitrogens with zero attached hydrogens (tertiary/aromatic N) is 2. The van der Waals surface area contributed by atoms with Crippen molar-refractivity contribution in [3.63, 3.8) is 0 Å². The highest BCUT2D eigenvalue weighted by Crippen LogP contribution is 2.28. The van der Waals surface area contributed by atoms with Gasteiger partial charge in [0.1, 0.15) is 0 Å². The molecule has 0 fully saturated rings. The van der Waals surface area contributed by atoms with Gasteiger partial charge in [0.15, 0.2) is 5.78 Å². The van der Waals surface area contributed by atoms with Gasteiger partial charge in [-0.15, -0.1) is 11.6 Å². The van der Waals surface area contributed by atoms with E-state index in [1.807, 2.05) is 30.6 Å². The number of carbonyl (C=O) groups excluding carboxylic acids is 1. The van der Waals surface area contributed by atoms with Crippen LogP contribution in [0.1, 0.15) is 34.2 Å². The van der Waals surface area contributed by atoms with Gasteiger partial charge in [-0.3, -0.25) is 4.79 Å². The first-order chi connectivity index (χ1) is 9.86. The van der Waals surface area contributed by atoms with E-state index in [0.29, 0.717) is 16.1 Å². The second kappa shape index (κ2) is 5.93. The van der Waals surface area contributed by atoms with Crippen molar-refractivity contribution in [3.8, 4) is 11.8 Å². The van der Waals surface area contributed by atoms with Crippen molar-refractivity contribution < 1.29 is 4.79 Å². The van der Waals surface area contributed by atoms with Crippen LogP contribution in [0.15, 0.2) is 24.3 Å². The van der Waals surface area contributed by atoms with Gasteiger partial charge in [0.2, 0.25) is 0 Å². The zero-order valence-corrected chi connectivity index (χ0v) is 13.5. The van der Waals surface area contributed by atoms with Gasteiger partial charge in [-0.25, -0.2) is 0 Å². The summed E-state index contributed by atoms with van der Waals surface area (Å²) in [6, 6.07) is 8.95. The average Bonchev–Trinajstić information content (AvgIpc) is 2.73. The molecule has 0 aliphatic heterocycles. The van der Waals surface area contributed by atoms with Crippen LogP contribution in [0.5, 0.6) is 0 Å². The van der Waals surface area contributed by atoms with Gasteiger partial charge in [0, 0.05) is 17.0 Å². The molecule has 3 nitrogen and oxygen atoms in total. The van der Waals surface area contributed by atoms with E-state index in [9.17, 15) is 4.79 Å². The Hall–Kier alpha value is -1.76. The number of carbonyl (C=O) groups is 1. The van der Waals surface area contributed by atoms with E-state index in [1.54, 1.807) is 25.1 Å². The highest BCUT2D eigenvalue weighted by Gasteiger charge is 2.20. The fourth-order valence-electron chi connectivity index (χ4n) is 2.36. The molecule has 0 bridgehead atoms. The fraction of sp³-hybridized carbons (Fsp3) is 0.250. The lowest BCUT2D eigenvalue weighted by Gasteiger charge is -2.12. The van der Waals surface area contributed by atoms with Crippen LogP contribution < -0.4 is 0 Å². The van der Waals surface area contributed by atoms with Gasteiger partial charge in [0.05, 0.1) is 27.7 Å². The zero-order valence-electron chi connectivity index (χ0n) is 11.9. The second-order valence-corrected chi connectivity index (χ2v) is 5.94. The lowest BCUT2D eigenvalue weighted by atomic mass is 10.1. The number of aromatic nitrogens is 1. The third-order valence-electron chi connectivity index (χ3n) is 3.38. The number of nitriles is 1. The molecule has 1 aromatic carbocycles. The molecule has 0 saturated carbocycles. The topological polar surface area (TPSA) is 45.8 Å². The van der Waals surface area contributed by atoms with Gasteiger partial charge in [-0.05, 0) is 45.0 Å². The van der Waals surface area contributed by atoms with Gasteiger partial charge < -0.3 is 4.57 Å². The molecule has 0 aliphatic carbocycles. The van der Waals surface area contributed by atoms with E-state index in [-0.39, 0.29) is 5.78 Å². The molecule has 0 aliphatic rings. The molecule has 2 aromatic rings. The maximum atomic E-state index is 12.1. The average molecular weight is 321 g/mol. The van der Waals surface area contributed by atoms with Gasteiger partial charge in [0.25, 0.3) is 0 Å². The largest absolute Gasteiger partial charge is 0.316 e. The molecule has 1 unspecified atom stereocenters. The van der Waals surface area contributed by atoms with Gasteiger partial charge in [-0.1, -0.05) is 11.6 Å². The van der Waals surface area contributed by atoms with Crippen LogP contribution in [0, 0.1) is 25.2 Å². The first kappa shape index (κ1) is 15.6. The molecule has 21 heavy (non-hydrogen) atoms. The first-order valence-corrected chi connectivity index (χ1v) is 7.25. The van der Waals surface area contributed by atoms with Crippen LogP contribution >= 0.6 is 23.2 Å². The van der Waals surface area contributed by atoms with E-state index in [2.05, 4.69) is 0 Å². The Bertz CT molecular complexity index is 754. The minimum atomic E-state index is -0.574. The Morgan fingerprint density at radius 1 is 1.33 bits per heavy atom. The number of Topliss-reactive ketones (excluding diaryl/α,β-unsaturated/α-hetero) is 1. The number of benzene rings is 1. The Balaban J connectivity index is 2.61. The third kappa shape index (κ3) is 2.83. The summed E-state index contributed by atoms with van der Waals surface area (Å²) in [5, 5.41) is 8.79. The summed E-state index contributed by atoms with van der Waals surface area (Å²) in [7, 11) is 0. The third-order valence-corrected chi connectivity index (χ3v) is 3.88. The predicted octanol–water partition coefficient (Wildman–Crippen LogP) is 4.43. The fourth-order valence-corrected chi connectivity index (χ4v) is 2.74. The molecule has 5 heteroatoms. The first-order valence-electron chi connectivity index (χ1n) is 6.44. The quantitative estimate of drug-likeness (QED) is 0.620. The lowest BCUT2D eigenvalue weighted by Crippen LogP contribution is -2.11. The number of aryl methyl sites for hydroxylation is 1. The van der Waals surface area contributed by atoms with E-state index in [1.165, 1.54) is 0 Å². The van der Waals surface area contributed by atoms with Crippen molar-refractivity contribution in [2.45, 2.75) is 26.1 Å². The highest BCUT2D eigenvalue weighted by molar-refractivity contribution is 6.34. The Kier molecular flexibility index (Phi) is 4.41. The summed E-state index contributed by atoms with van der Waals surface area (Å²) in [6.07, 6.45) is 0. The SMILES string of the molecule is Cc1cc(C(=O)C(C)Cl)c(C)n1-c1ccc(C#N)cc1Cl. The smallest absolute Gasteiger partial charge is 0.182 e. The summed E-state index contributed by atoms with van der Waals surface area (Å²) in [6.45, 7) is 5.41. The van der Waals surface area contributed by atoms with Crippen molar-refractivity contribution in [3.05, 3.63) is 51.8 Å². The lowest BCUT2D eigenvalue weighted by molar-refractivity contribution is 0.0991.